The topological polar surface area (TPSA) is 105 Å². The molecule has 1 heterocycles. The first-order chi connectivity index (χ1) is 17.2. The van der Waals surface area contributed by atoms with Crippen LogP contribution in [0.25, 0.3) is 0 Å². The predicted octanol–water partition coefficient (Wildman–Crippen LogP) is 3.34. The highest BCUT2D eigenvalue weighted by Gasteiger charge is 2.44. The Bertz CT molecular complexity index is 1170. The van der Waals surface area contributed by atoms with Gasteiger partial charge in [0.15, 0.2) is 9.84 Å². The Kier molecular flexibility index (Phi) is 8.75. The van der Waals surface area contributed by atoms with Crippen LogP contribution >= 0.6 is 15.9 Å². The molecule has 196 valence electrons. The summed E-state index contributed by atoms with van der Waals surface area (Å²) in [5.41, 5.74) is 1.92. The number of sulfone groups is 1. The van der Waals surface area contributed by atoms with Crippen molar-refractivity contribution in [2.24, 2.45) is 5.92 Å². The molecule has 2 aliphatic rings. The van der Waals surface area contributed by atoms with E-state index in [1.54, 1.807) is 6.92 Å². The van der Waals surface area contributed by atoms with Gasteiger partial charge in [0.1, 0.15) is 5.75 Å². The minimum atomic E-state index is -3.37. The Labute approximate surface area is 222 Å². The highest BCUT2D eigenvalue weighted by molar-refractivity contribution is 9.10. The van der Waals surface area contributed by atoms with Crippen LogP contribution < -0.4 is 15.4 Å². The molecule has 0 spiro atoms. The van der Waals surface area contributed by atoms with Gasteiger partial charge in [-0.3, -0.25) is 4.79 Å². The number of hydrogen-bond donors (Lipinski definition) is 3. The van der Waals surface area contributed by atoms with E-state index >= 15 is 0 Å². The van der Waals surface area contributed by atoms with Gasteiger partial charge in [-0.15, -0.1) is 0 Å². The van der Waals surface area contributed by atoms with Crippen LogP contribution in [0.1, 0.15) is 43.7 Å². The SMILES string of the molecule is C[C@@H]1CS(=O)(=O)CCCCOc2cccc(c2)C[C@@H]([C@H](O)CNC2(c3cccc(Br)c3)CC2)NC1=O. The zero-order chi connectivity index (χ0) is 25.8. The third-order valence-corrected chi connectivity index (χ3v) is 9.40. The minimum absolute atomic E-state index is 0.0294. The van der Waals surface area contributed by atoms with E-state index in [9.17, 15) is 18.3 Å². The molecule has 0 saturated heterocycles. The summed E-state index contributed by atoms with van der Waals surface area (Å²) >= 11 is 3.53. The minimum Gasteiger partial charge on any atom is -0.494 e. The molecule has 0 radical (unpaired) electrons. The first kappa shape index (κ1) is 27.1. The van der Waals surface area contributed by atoms with Crippen LogP contribution in [0.4, 0.5) is 0 Å². The molecule has 0 unspecified atom stereocenters. The number of halogens is 1. The second-order valence-electron chi connectivity index (χ2n) is 10.1. The molecule has 3 atom stereocenters. The first-order valence-electron chi connectivity index (χ1n) is 12.6. The molecule has 7 nitrogen and oxygen atoms in total. The van der Waals surface area contributed by atoms with Crippen LogP contribution in [-0.4, -0.2) is 56.2 Å². The average Bonchev–Trinajstić information content (AvgIpc) is 3.62. The van der Waals surface area contributed by atoms with Gasteiger partial charge in [0.2, 0.25) is 5.91 Å². The van der Waals surface area contributed by atoms with Gasteiger partial charge in [0, 0.05) is 22.5 Å². The Balaban J connectivity index is 1.51. The second kappa shape index (κ2) is 11.6. The van der Waals surface area contributed by atoms with Crippen LogP contribution in [0.5, 0.6) is 5.75 Å². The van der Waals surface area contributed by atoms with Crippen molar-refractivity contribution >= 4 is 31.7 Å². The number of aliphatic hydroxyl groups excluding tert-OH is 1. The number of carbonyl (C=O) groups excluding carboxylic acids is 1. The maximum absolute atomic E-state index is 13.0. The molecule has 1 aliphatic heterocycles. The van der Waals surface area contributed by atoms with Crippen LogP contribution in [0, 0.1) is 5.92 Å². The number of hydrogen-bond acceptors (Lipinski definition) is 6. The van der Waals surface area contributed by atoms with Crippen molar-refractivity contribution in [1.82, 2.24) is 10.6 Å². The molecule has 1 aliphatic carbocycles. The number of rotatable bonds is 5. The van der Waals surface area contributed by atoms with E-state index in [4.69, 9.17) is 4.74 Å². The Hall–Kier alpha value is -1.94. The van der Waals surface area contributed by atoms with E-state index in [-0.39, 0.29) is 23.0 Å². The fourth-order valence-electron chi connectivity index (χ4n) is 4.70. The van der Waals surface area contributed by atoms with Crippen LogP contribution in [0.15, 0.2) is 53.0 Å². The summed E-state index contributed by atoms with van der Waals surface area (Å²) in [4.78, 5) is 13.0. The van der Waals surface area contributed by atoms with Gasteiger partial charge in [0.25, 0.3) is 0 Å². The summed E-state index contributed by atoms with van der Waals surface area (Å²) in [6, 6.07) is 15.2. The normalized spacial score (nSPS) is 24.9. The molecule has 1 fully saturated rings. The fraction of sp³-hybridized carbons (Fsp3) is 0.519. The van der Waals surface area contributed by atoms with Crippen molar-refractivity contribution < 1.29 is 23.1 Å². The Morgan fingerprint density at radius 2 is 1.97 bits per heavy atom. The summed E-state index contributed by atoms with van der Waals surface area (Å²) in [6.45, 7) is 2.35. The summed E-state index contributed by atoms with van der Waals surface area (Å²) in [6.07, 6.45) is 2.58. The third kappa shape index (κ3) is 7.31. The number of carbonyl (C=O) groups is 1. The van der Waals surface area contributed by atoms with Crippen molar-refractivity contribution in [3.8, 4) is 5.75 Å². The summed E-state index contributed by atoms with van der Waals surface area (Å²) in [5.74, 6) is -0.551. The molecule has 2 bridgehead atoms. The second-order valence-corrected chi connectivity index (χ2v) is 13.2. The highest BCUT2D eigenvalue weighted by atomic mass is 79.9. The smallest absolute Gasteiger partial charge is 0.224 e. The Morgan fingerprint density at radius 1 is 1.19 bits per heavy atom. The van der Waals surface area contributed by atoms with Crippen molar-refractivity contribution in [3.63, 3.8) is 0 Å². The van der Waals surface area contributed by atoms with Crippen LogP contribution in [0.2, 0.25) is 0 Å². The van der Waals surface area contributed by atoms with E-state index in [0.29, 0.717) is 38.2 Å². The van der Waals surface area contributed by atoms with Crippen molar-refractivity contribution in [3.05, 3.63) is 64.1 Å². The highest BCUT2D eigenvalue weighted by Crippen LogP contribution is 2.46. The summed E-state index contributed by atoms with van der Waals surface area (Å²) in [5, 5.41) is 17.7. The van der Waals surface area contributed by atoms with Gasteiger partial charge in [-0.2, -0.15) is 0 Å². The zero-order valence-corrected chi connectivity index (χ0v) is 23.0. The number of nitrogens with one attached hydrogen (secondary N) is 2. The van der Waals surface area contributed by atoms with E-state index < -0.39 is 27.9 Å². The third-order valence-electron chi connectivity index (χ3n) is 6.99. The number of aliphatic hydroxyl groups is 1. The average molecular weight is 580 g/mol. The van der Waals surface area contributed by atoms with Crippen molar-refractivity contribution in [1.29, 1.82) is 0 Å². The molecule has 2 aromatic carbocycles. The molecular formula is C27H35BrN2O5S. The number of fused-ring (bicyclic) bond motifs is 2. The van der Waals surface area contributed by atoms with Gasteiger partial charge in [-0.25, -0.2) is 8.42 Å². The van der Waals surface area contributed by atoms with Crippen LogP contribution in [0.3, 0.4) is 0 Å². The zero-order valence-electron chi connectivity index (χ0n) is 20.6. The van der Waals surface area contributed by atoms with E-state index in [0.717, 1.165) is 22.9 Å². The number of amides is 1. The lowest BCUT2D eigenvalue weighted by Crippen LogP contribution is -2.51. The predicted molar refractivity (Wildman–Crippen MR) is 144 cm³/mol. The van der Waals surface area contributed by atoms with Gasteiger partial charge in [-0.1, -0.05) is 47.1 Å². The monoisotopic (exact) mass is 578 g/mol. The molecule has 0 aromatic heterocycles. The van der Waals surface area contributed by atoms with Gasteiger partial charge >= 0.3 is 0 Å². The molecule has 2 aromatic rings. The molecule has 1 saturated carbocycles. The molecular weight excluding hydrogens is 544 g/mol. The largest absolute Gasteiger partial charge is 0.494 e. The van der Waals surface area contributed by atoms with Crippen molar-refractivity contribution in [2.45, 2.75) is 56.7 Å². The van der Waals surface area contributed by atoms with Gasteiger partial charge < -0.3 is 20.5 Å². The van der Waals surface area contributed by atoms with Crippen LogP contribution in [-0.2, 0) is 26.6 Å². The maximum atomic E-state index is 13.0. The maximum Gasteiger partial charge on any atom is 0.224 e. The summed E-state index contributed by atoms with van der Waals surface area (Å²) in [7, 11) is -3.37. The molecule has 36 heavy (non-hydrogen) atoms. The number of ether oxygens (including phenoxy) is 1. The van der Waals surface area contributed by atoms with E-state index in [1.165, 1.54) is 5.56 Å². The summed E-state index contributed by atoms with van der Waals surface area (Å²) < 4.78 is 31.9. The number of benzene rings is 2. The van der Waals surface area contributed by atoms with Crippen molar-refractivity contribution in [2.75, 3.05) is 24.7 Å². The molecule has 1 amide bonds. The molecule has 4 rings (SSSR count). The lowest BCUT2D eigenvalue weighted by molar-refractivity contribution is -0.125. The molecule has 9 heteroatoms. The molecule has 3 N–H and O–H groups in total. The lowest BCUT2D eigenvalue weighted by Gasteiger charge is -2.28. The standard InChI is InChI=1S/C27H35BrN2O5S/c1-19-18-36(33,34)13-3-2-12-35-23-9-4-6-20(14-23)15-24(30-26(19)32)25(31)17-29-27(10-11-27)21-7-5-8-22(28)16-21/h4-9,14,16,19,24-25,29,31H,2-3,10-13,15,17-18H2,1H3,(H,30,32)/t19-,24+,25-/m1/s1. The first-order valence-corrected chi connectivity index (χ1v) is 15.2. The fourth-order valence-corrected chi connectivity index (χ4v) is 6.82. The Morgan fingerprint density at radius 3 is 2.72 bits per heavy atom. The van der Waals surface area contributed by atoms with Gasteiger partial charge in [-0.05, 0) is 67.5 Å². The lowest BCUT2D eigenvalue weighted by atomic mass is 9.98. The van der Waals surface area contributed by atoms with E-state index in [1.807, 2.05) is 36.4 Å². The van der Waals surface area contributed by atoms with E-state index in [2.05, 4.69) is 38.7 Å². The van der Waals surface area contributed by atoms with Gasteiger partial charge in [0.05, 0.1) is 30.3 Å². The quantitative estimate of drug-likeness (QED) is 0.502.